The molecule has 3 aromatic carbocycles. The van der Waals surface area contributed by atoms with Crippen LogP contribution < -0.4 is 10.2 Å². The van der Waals surface area contributed by atoms with Gasteiger partial charge in [0.1, 0.15) is 0 Å². The number of fused-ring (bicyclic) bond motifs is 2. The quantitative estimate of drug-likeness (QED) is 0.0901. The van der Waals surface area contributed by atoms with Crippen LogP contribution >= 0.6 is 34.9 Å². The number of anilines is 1. The summed E-state index contributed by atoms with van der Waals surface area (Å²) < 4.78 is 1.29. The highest BCUT2D eigenvalue weighted by Crippen LogP contribution is 2.43. The molecule has 242 valence electrons. The molecule has 7 rings (SSSR count). The minimum Gasteiger partial charge on any atom is -0.300 e. The van der Waals surface area contributed by atoms with Gasteiger partial charge < -0.3 is 5.32 Å². The third-order valence-corrected chi connectivity index (χ3v) is 11.5. The highest BCUT2D eigenvalue weighted by Gasteiger charge is 2.48. The number of carbonyl (C=O) groups is 3. The molecule has 48 heavy (non-hydrogen) atoms. The maximum absolute atomic E-state index is 13.1. The van der Waals surface area contributed by atoms with Crippen LogP contribution in [0.25, 0.3) is 16.3 Å². The van der Waals surface area contributed by atoms with Gasteiger partial charge in [0, 0.05) is 17.7 Å². The molecular formula is C32H24N6O7S3. The predicted molar refractivity (Wildman–Crippen MR) is 183 cm³/mol. The van der Waals surface area contributed by atoms with E-state index in [2.05, 4.69) is 15.3 Å². The van der Waals surface area contributed by atoms with Gasteiger partial charge in [0.2, 0.25) is 11.8 Å². The van der Waals surface area contributed by atoms with E-state index in [1.165, 1.54) is 34.4 Å². The molecule has 0 bridgehead atoms. The first-order valence-electron chi connectivity index (χ1n) is 14.8. The zero-order valence-electron chi connectivity index (χ0n) is 25.1. The van der Waals surface area contributed by atoms with E-state index >= 15 is 0 Å². The van der Waals surface area contributed by atoms with Crippen molar-refractivity contribution in [3.05, 3.63) is 90.9 Å². The van der Waals surface area contributed by atoms with Crippen molar-refractivity contribution in [2.75, 3.05) is 4.90 Å². The number of nitrogens with one attached hydrogen (secondary N) is 1. The fraction of sp³-hybridized carbons (Fsp3) is 0.219. The Labute approximate surface area is 284 Å². The number of amides is 3. The molecule has 0 spiro atoms. The van der Waals surface area contributed by atoms with Crippen LogP contribution in [0.2, 0.25) is 0 Å². The molecule has 1 aromatic heterocycles. The highest BCUT2D eigenvalue weighted by atomic mass is 32.2. The van der Waals surface area contributed by atoms with Crippen LogP contribution in [0.3, 0.4) is 0 Å². The number of nitro benzene ring substituents is 2. The van der Waals surface area contributed by atoms with E-state index in [1.54, 1.807) is 49.4 Å². The first kappa shape index (κ1) is 31.7. The van der Waals surface area contributed by atoms with Gasteiger partial charge in [-0.3, -0.25) is 39.5 Å². The molecule has 2 aliphatic heterocycles. The third kappa shape index (κ3) is 5.97. The molecule has 3 aliphatic rings. The number of hydrogen-bond donors (Lipinski definition) is 1. The molecule has 16 heteroatoms. The molecule has 3 heterocycles. The van der Waals surface area contributed by atoms with Crippen molar-refractivity contribution in [3.8, 4) is 0 Å². The molecule has 0 radical (unpaired) electrons. The number of amidine groups is 1. The van der Waals surface area contributed by atoms with Crippen molar-refractivity contribution in [1.29, 1.82) is 0 Å². The van der Waals surface area contributed by atoms with Gasteiger partial charge in [-0.15, -0.1) is 11.3 Å². The number of benzene rings is 3. The summed E-state index contributed by atoms with van der Waals surface area (Å²) in [6.07, 6.45) is 4.86. The second-order valence-electron chi connectivity index (χ2n) is 11.4. The summed E-state index contributed by atoms with van der Waals surface area (Å²) in [5, 5.41) is 26.2. The topological polar surface area (TPSA) is 178 Å². The number of rotatable bonds is 7. The summed E-state index contributed by atoms with van der Waals surface area (Å²) in [6, 6.07) is 14.4. The van der Waals surface area contributed by atoms with Gasteiger partial charge >= 0.3 is 0 Å². The van der Waals surface area contributed by atoms with Crippen LogP contribution in [0, 0.1) is 39.0 Å². The molecule has 2 saturated heterocycles. The third-order valence-electron chi connectivity index (χ3n) is 8.40. The maximum Gasteiger partial charge on any atom is 0.283 e. The molecule has 2 atom stereocenters. The van der Waals surface area contributed by atoms with Crippen molar-refractivity contribution in [3.63, 3.8) is 0 Å². The van der Waals surface area contributed by atoms with Crippen LogP contribution in [0.4, 0.5) is 22.7 Å². The number of thiazole rings is 1. The second-order valence-corrected chi connectivity index (χ2v) is 14.8. The average Bonchev–Trinajstić information content (AvgIpc) is 3.70. The molecule has 3 amide bonds. The van der Waals surface area contributed by atoms with E-state index in [0.29, 0.717) is 37.3 Å². The first-order valence-corrected chi connectivity index (χ1v) is 17.3. The Morgan fingerprint density at radius 2 is 1.69 bits per heavy atom. The van der Waals surface area contributed by atoms with Crippen molar-refractivity contribution >= 4 is 96.8 Å². The second kappa shape index (κ2) is 12.6. The Hall–Kier alpha value is -4.93. The lowest BCUT2D eigenvalue weighted by molar-refractivity contribution is -0.387. The minimum absolute atomic E-state index is 0.0879. The van der Waals surface area contributed by atoms with Gasteiger partial charge in [0.05, 0.1) is 53.1 Å². The molecule has 1 aliphatic carbocycles. The van der Waals surface area contributed by atoms with Crippen LogP contribution in [-0.2, 0) is 14.4 Å². The van der Waals surface area contributed by atoms with E-state index in [4.69, 9.17) is 0 Å². The SMILES string of the molecule is Cc1ccc(N=C2NC(=O)/C(=C/c3ccc(Sc4nc5ccc(N6C(=O)[C@H]7CCCC[C@H]7C6=O)cc5s4)c([N+](=O)[O-])c3)S2)cc1[N+](=O)[O-]. The number of aryl methyl sites for hydroxylation is 1. The van der Waals surface area contributed by atoms with E-state index in [0.717, 1.165) is 53.9 Å². The standard InChI is InChI=1S/C32H24N6O7S3/c1-16-6-8-18(14-23(16)37(42)43)33-31-35-28(39)27(46-31)13-17-7-11-25(24(12-17)38(44)45)47-32-34-22-10-9-19(15-26(22)48-32)36-29(40)20-4-2-3-5-21(20)30(36)41/h6-15,20-21H,2-5H2,1H3,(H,33,35,39)/b27-13-/t20-,21+. The molecule has 1 saturated carbocycles. The Bertz CT molecular complexity index is 2120. The van der Waals surface area contributed by atoms with E-state index < -0.39 is 15.8 Å². The van der Waals surface area contributed by atoms with Gasteiger partial charge in [-0.1, -0.05) is 36.7 Å². The number of nitro groups is 2. The van der Waals surface area contributed by atoms with Gasteiger partial charge in [-0.2, -0.15) is 0 Å². The van der Waals surface area contributed by atoms with Gasteiger partial charge in [-0.05, 0) is 73.5 Å². The van der Waals surface area contributed by atoms with Crippen LogP contribution in [0.1, 0.15) is 36.8 Å². The Balaban J connectivity index is 1.10. The Morgan fingerprint density at radius 3 is 2.40 bits per heavy atom. The van der Waals surface area contributed by atoms with Crippen molar-refractivity contribution in [2.24, 2.45) is 16.8 Å². The molecular weight excluding hydrogens is 677 g/mol. The molecule has 3 fully saturated rings. The monoisotopic (exact) mass is 700 g/mol. The smallest absolute Gasteiger partial charge is 0.283 e. The summed E-state index contributed by atoms with van der Waals surface area (Å²) in [6.45, 7) is 1.62. The van der Waals surface area contributed by atoms with E-state index in [-0.39, 0.29) is 45.1 Å². The lowest BCUT2D eigenvalue weighted by Crippen LogP contribution is -2.30. The summed E-state index contributed by atoms with van der Waals surface area (Å²) in [7, 11) is 0. The zero-order chi connectivity index (χ0) is 33.7. The predicted octanol–water partition coefficient (Wildman–Crippen LogP) is 7.14. The number of imide groups is 1. The number of aromatic nitrogens is 1. The van der Waals surface area contributed by atoms with Crippen LogP contribution in [0.5, 0.6) is 0 Å². The lowest BCUT2D eigenvalue weighted by Gasteiger charge is -2.19. The normalized spacial score (nSPS) is 20.9. The number of nitrogens with zero attached hydrogens (tertiary/aromatic N) is 5. The summed E-state index contributed by atoms with van der Waals surface area (Å²) in [4.78, 5) is 72.0. The summed E-state index contributed by atoms with van der Waals surface area (Å²) in [5.41, 5.74) is 2.11. The molecule has 13 nitrogen and oxygen atoms in total. The number of hydrogen-bond acceptors (Lipinski definition) is 12. The highest BCUT2D eigenvalue weighted by molar-refractivity contribution is 8.18. The fourth-order valence-corrected chi connectivity index (χ4v) is 9.04. The van der Waals surface area contributed by atoms with Crippen LogP contribution in [-0.4, -0.2) is 37.7 Å². The fourth-order valence-electron chi connectivity index (χ4n) is 6.05. The number of thioether (sulfide) groups is 1. The van der Waals surface area contributed by atoms with Crippen molar-refractivity contribution < 1.29 is 24.2 Å². The Morgan fingerprint density at radius 1 is 0.958 bits per heavy atom. The first-order chi connectivity index (χ1) is 23.0. The maximum atomic E-state index is 13.1. The molecule has 1 N–H and O–H groups in total. The van der Waals surface area contributed by atoms with Gasteiger partial charge in [0.15, 0.2) is 9.51 Å². The van der Waals surface area contributed by atoms with Crippen molar-refractivity contribution in [1.82, 2.24) is 10.3 Å². The number of carbonyl (C=O) groups excluding carboxylic acids is 3. The van der Waals surface area contributed by atoms with Gasteiger partial charge in [0.25, 0.3) is 17.3 Å². The van der Waals surface area contributed by atoms with Crippen molar-refractivity contribution in [2.45, 2.75) is 41.8 Å². The minimum atomic E-state index is -0.502. The summed E-state index contributed by atoms with van der Waals surface area (Å²) in [5.74, 6) is -1.26. The molecule has 4 aromatic rings. The summed E-state index contributed by atoms with van der Waals surface area (Å²) >= 11 is 3.45. The van der Waals surface area contributed by atoms with E-state index in [9.17, 15) is 34.6 Å². The van der Waals surface area contributed by atoms with Gasteiger partial charge in [-0.25, -0.2) is 9.98 Å². The zero-order valence-corrected chi connectivity index (χ0v) is 27.5. The van der Waals surface area contributed by atoms with E-state index in [1.807, 2.05) is 0 Å². The largest absolute Gasteiger partial charge is 0.300 e. The molecule has 0 unspecified atom stereocenters. The number of aliphatic imine (C=N–C) groups is 1. The Kier molecular flexibility index (Phi) is 8.30. The average molecular weight is 701 g/mol. The van der Waals surface area contributed by atoms with Crippen LogP contribution in [0.15, 0.2) is 73.7 Å². The lowest BCUT2D eigenvalue weighted by atomic mass is 9.81.